The van der Waals surface area contributed by atoms with Crippen LogP contribution in [0.5, 0.6) is 0 Å². The van der Waals surface area contributed by atoms with E-state index in [4.69, 9.17) is 6.57 Å². The van der Waals surface area contributed by atoms with E-state index in [1.54, 1.807) is 6.07 Å². The summed E-state index contributed by atoms with van der Waals surface area (Å²) in [5.41, 5.74) is 1.80. The summed E-state index contributed by atoms with van der Waals surface area (Å²) >= 11 is 0. The second kappa shape index (κ2) is 2.93. The van der Waals surface area contributed by atoms with E-state index in [0.29, 0.717) is 17.4 Å². The lowest BCUT2D eigenvalue weighted by atomic mass is 10.0. The number of fused-ring (bicyclic) bond motifs is 1. The van der Waals surface area contributed by atoms with Gasteiger partial charge in [-0.1, -0.05) is 24.3 Å². The van der Waals surface area contributed by atoms with Crippen LogP contribution in [0.3, 0.4) is 0 Å². The molecule has 1 aromatic carbocycles. The second-order valence-corrected chi connectivity index (χ2v) is 4.24. The zero-order valence-corrected chi connectivity index (χ0v) is 8.15. The summed E-state index contributed by atoms with van der Waals surface area (Å²) in [5, 5.41) is 0. The molecule has 0 aliphatic heterocycles. The summed E-state index contributed by atoms with van der Waals surface area (Å²) in [7, 11) is 0. The van der Waals surface area contributed by atoms with Gasteiger partial charge >= 0.3 is 0 Å². The van der Waals surface area contributed by atoms with E-state index in [1.165, 1.54) is 6.07 Å². The van der Waals surface area contributed by atoms with Crippen molar-refractivity contribution in [3.8, 4) is 0 Å². The molecule has 2 heteroatoms. The van der Waals surface area contributed by atoms with Gasteiger partial charge in [-0.2, -0.15) is 0 Å². The van der Waals surface area contributed by atoms with Crippen molar-refractivity contribution in [2.75, 3.05) is 0 Å². The van der Waals surface area contributed by atoms with Gasteiger partial charge in [0.15, 0.2) is 0 Å². The molecule has 0 aromatic heterocycles. The fourth-order valence-electron chi connectivity index (χ4n) is 2.52. The fourth-order valence-corrected chi connectivity index (χ4v) is 2.52. The maximum atomic E-state index is 13.5. The molecule has 15 heavy (non-hydrogen) atoms. The molecule has 74 valence electrons. The van der Waals surface area contributed by atoms with Crippen LogP contribution in [-0.4, -0.2) is 6.04 Å². The predicted octanol–water partition coefficient (Wildman–Crippen LogP) is 3.15. The fraction of sp³-hybridized carbons (Fsp3) is 0.308. The van der Waals surface area contributed by atoms with E-state index in [9.17, 15) is 4.39 Å². The van der Waals surface area contributed by atoms with Gasteiger partial charge in [0, 0.05) is 5.56 Å². The average Bonchev–Trinajstić information content (AvgIpc) is 2.72. The largest absolute Gasteiger partial charge is 0.313 e. The molecule has 0 bridgehead atoms. The van der Waals surface area contributed by atoms with Crippen LogP contribution in [0.1, 0.15) is 12.0 Å². The van der Waals surface area contributed by atoms with Gasteiger partial charge in [-0.05, 0) is 18.1 Å². The number of halogens is 1. The summed E-state index contributed by atoms with van der Waals surface area (Å²) in [5.74, 6) is 0.721. The standard InChI is InChI=1S/C13H10FN/c1-15-13-10-6-8(7-11(10)13)9-4-2-3-5-12(9)14/h2-6,10-11,13H,7H2/t10-,11+,13+/m0/s1. The zero-order chi connectivity index (χ0) is 10.4. The summed E-state index contributed by atoms with van der Waals surface area (Å²) in [6.07, 6.45) is 2.96. The Morgan fingerprint density at radius 2 is 2.13 bits per heavy atom. The molecule has 3 rings (SSSR count). The van der Waals surface area contributed by atoms with Crippen LogP contribution in [0.15, 0.2) is 30.3 Å². The summed E-state index contributed by atoms with van der Waals surface area (Å²) in [6.45, 7) is 6.95. The number of benzene rings is 1. The summed E-state index contributed by atoms with van der Waals surface area (Å²) in [4.78, 5) is 3.55. The van der Waals surface area contributed by atoms with Crippen LogP contribution in [0.4, 0.5) is 4.39 Å². The van der Waals surface area contributed by atoms with Crippen molar-refractivity contribution in [3.63, 3.8) is 0 Å². The molecule has 0 saturated heterocycles. The first-order valence-corrected chi connectivity index (χ1v) is 5.13. The van der Waals surface area contributed by atoms with Crippen molar-refractivity contribution in [1.82, 2.24) is 0 Å². The lowest BCUT2D eigenvalue weighted by Crippen LogP contribution is -1.92. The molecule has 0 radical (unpaired) electrons. The number of nitrogens with zero attached hydrogens (tertiary/aromatic N) is 1. The van der Waals surface area contributed by atoms with Crippen molar-refractivity contribution in [2.24, 2.45) is 11.8 Å². The van der Waals surface area contributed by atoms with Crippen LogP contribution < -0.4 is 0 Å². The Kier molecular flexibility index (Phi) is 1.70. The van der Waals surface area contributed by atoms with Crippen LogP contribution in [0, 0.1) is 24.2 Å². The van der Waals surface area contributed by atoms with E-state index in [1.807, 2.05) is 12.1 Å². The normalized spacial score (nSPS) is 31.7. The quantitative estimate of drug-likeness (QED) is 0.612. The monoisotopic (exact) mass is 199 g/mol. The number of hydrogen-bond acceptors (Lipinski definition) is 0. The summed E-state index contributed by atoms with van der Waals surface area (Å²) in [6, 6.07) is 7.05. The highest BCUT2D eigenvalue weighted by molar-refractivity contribution is 5.71. The molecular formula is C13H10FN. The Morgan fingerprint density at radius 3 is 2.73 bits per heavy atom. The minimum absolute atomic E-state index is 0.149. The smallest absolute Gasteiger partial charge is 0.234 e. The van der Waals surface area contributed by atoms with Gasteiger partial charge in [-0.3, -0.25) is 0 Å². The first-order chi connectivity index (χ1) is 7.31. The Bertz CT molecular complexity index is 484. The third-order valence-corrected chi connectivity index (χ3v) is 3.40. The molecule has 0 N–H and O–H groups in total. The van der Waals surface area contributed by atoms with Crippen molar-refractivity contribution in [1.29, 1.82) is 0 Å². The number of hydrogen-bond donors (Lipinski definition) is 0. The van der Waals surface area contributed by atoms with Crippen molar-refractivity contribution >= 4 is 5.57 Å². The topological polar surface area (TPSA) is 4.36 Å². The van der Waals surface area contributed by atoms with Gasteiger partial charge in [0.2, 0.25) is 6.04 Å². The van der Waals surface area contributed by atoms with Crippen LogP contribution >= 0.6 is 0 Å². The van der Waals surface area contributed by atoms with Crippen molar-refractivity contribution in [2.45, 2.75) is 12.5 Å². The number of allylic oxidation sites excluding steroid dienone is 1. The lowest BCUT2D eigenvalue weighted by Gasteiger charge is -2.04. The Balaban J connectivity index is 1.91. The maximum absolute atomic E-state index is 13.5. The molecule has 0 spiro atoms. The Morgan fingerprint density at radius 1 is 1.33 bits per heavy atom. The van der Waals surface area contributed by atoms with E-state index < -0.39 is 0 Å². The minimum Gasteiger partial charge on any atom is -0.313 e. The van der Waals surface area contributed by atoms with Gasteiger partial charge in [0.05, 0.1) is 11.8 Å². The third-order valence-electron chi connectivity index (χ3n) is 3.40. The Labute approximate surface area is 88.1 Å². The molecule has 0 amide bonds. The average molecular weight is 199 g/mol. The van der Waals surface area contributed by atoms with E-state index in [0.717, 1.165) is 12.0 Å². The van der Waals surface area contributed by atoms with Gasteiger partial charge in [-0.25, -0.2) is 11.0 Å². The molecule has 1 aromatic rings. The van der Waals surface area contributed by atoms with E-state index in [-0.39, 0.29) is 11.9 Å². The van der Waals surface area contributed by atoms with Gasteiger partial charge in [0.25, 0.3) is 0 Å². The highest BCUT2D eigenvalue weighted by atomic mass is 19.1. The molecule has 1 nitrogen and oxygen atoms in total. The highest BCUT2D eigenvalue weighted by Crippen LogP contribution is 2.55. The predicted molar refractivity (Wildman–Crippen MR) is 56.4 cm³/mol. The van der Waals surface area contributed by atoms with Gasteiger partial charge < -0.3 is 4.85 Å². The van der Waals surface area contributed by atoms with Gasteiger partial charge in [0.1, 0.15) is 5.82 Å². The SMILES string of the molecule is [C-]#[N+][C@@H]1[C@H]2C=C(c3ccccc3F)C[C@H]21. The first kappa shape index (κ1) is 8.67. The Hall–Kier alpha value is -1.62. The maximum Gasteiger partial charge on any atom is 0.234 e. The first-order valence-electron chi connectivity index (χ1n) is 5.13. The van der Waals surface area contributed by atoms with Gasteiger partial charge in [-0.15, -0.1) is 0 Å². The van der Waals surface area contributed by atoms with E-state index >= 15 is 0 Å². The zero-order valence-electron chi connectivity index (χ0n) is 8.15. The van der Waals surface area contributed by atoms with Crippen LogP contribution in [-0.2, 0) is 0 Å². The van der Waals surface area contributed by atoms with Crippen LogP contribution in [0.25, 0.3) is 10.4 Å². The van der Waals surface area contributed by atoms with Crippen molar-refractivity contribution in [3.05, 3.63) is 53.1 Å². The second-order valence-electron chi connectivity index (χ2n) is 4.24. The van der Waals surface area contributed by atoms with Crippen molar-refractivity contribution < 1.29 is 4.39 Å². The van der Waals surface area contributed by atoms with E-state index in [2.05, 4.69) is 10.9 Å². The molecule has 2 aliphatic rings. The number of rotatable bonds is 1. The third kappa shape index (κ3) is 1.20. The van der Waals surface area contributed by atoms with Crippen LogP contribution in [0.2, 0.25) is 0 Å². The molecule has 0 unspecified atom stereocenters. The molecule has 0 heterocycles. The minimum atomic E-state index is -0.149. The molecule has 2 aliphatic carbocycles. The molecule has 3 atom stereocenters. The molecule has 1 fully saturated rings. The highest BCUT2D eigenvalue weighted by Gasteiger charge is 2.59. The molecule has 1 saturated carbocycles. The summed E-state index contributed by atoms with van der Waals surface area (Å²) < 4.78 is 13.5. The lowest BCUT2D eigenvalue weighted by molar-refractivity contribution is 0.622. The molecular weight excluding hydrogens is 189 g/mol.